The van der Waals surface area contributed by atoms with E-state index in [4.69, 9.17) is 9.72 Å². The fourth-order valence-electron chi connectivity index (χ4n) is 3.79. The molecule has 156 valence electrons. The van der Waals surface area contributed by atoms with Gasteiger partial charge < -0.3 is 9.72 Å². The van der Waals surface area contributed by atoms with E-state index in [-0.39, 0.29) is 0 Å². The molecule has 0 aliphatic heterocycles. The molecule has 0 spiro atoms. The summed E-state index contributed by atoms with van der Waals surface area (Å²) in [6.45, 7) is 0. The van der Waals surface area contributed by atoms with Gasteiger partial charge in [0.25, 0.3) is 0 Å². The summed E-state index contributed by atoms with van der Waals surface area (Å²) in [5.41, 5.74) is 5.65. The van der Waals surface area contributed by atoms with Crippen LogP contribution in [0.3, 0.4) is 0 Å². The Morgan fingerprint density at radius 2 is 1.66 bits per heavy atom. The number of methoxy groups -OCH3 is 1. The van der Waals surface area contributed by atoms with Crippen molar-refractivity contribution in [1.29, 1.82) is 0 Å². The third-order valence-corrected chi connectivity index (χ3v) is 5.36. The predicted octanol–water partition coefficient (Wildman–Crippen LogP) is 5.06. The van der Waals surface area contributed by atoms with E-state index in [1.165, 1.54) is 7.11 Å². The molecule has 5 aromatic rings. The van der Waals surface area contributed by atoms with Crippen LogP contribution in [0.25, 0.3) is 33.4 Å². The van der Waals surface area contributed by atoms with E-state index in [0.717, 1.165) is 27.6 Å². The summed E-state index contributed by atoms with van der Waals surface area (Å²) in [7, 11) is 1.37. The summed E-state index contributed by atoms with van der Waals surface area (Å²) in [4.78, 5) is 20.3. The van der Waals surface area contributed by atoms with Crippen molar-refractivity contribution in [2.24, 2.45) is 0 Å². The van der Waals surface area contributed by atoms with E-state index < -0.39 is 5.97 Å². The minimum Gasteiger partial charge on any atom is -0.465 e. The number of para-hydroxylation sites is 1. The first-order valence-corrected chi connectivity index (χ1v) is 10.3. The molecule has 6 heteroatoms. The quantitative estimate of drug-likeness (QED) is 0.402. The second-order valence-electron chi connectivity index (χ2n) is 7.40. The summed E-state index contributed by atoms with van der Waals surface area (Å²) >= 11 is 0. The lowest BCUT2D eigenvalue weighted by atomic mass is 10.0. The van der Waals surface area contributed by atoms with Crippen LogP contribution in [0.4, 0.5) is 0 Å². The highest BCUT2D eigenvalue weighted by Crippen LogP contribution is 2.29. The Hall–Kier alpha value is -4.32. The minimum absolute atomic E-state index is 0.394. The van der Waals surface area contributed by atoms with Crippen molar-refractivity contribution in [2.75, 3.05) is 7.11 Å². The molecule has 0 radical (unpaired) electrons. The summed E-state index contributed by atoms with van der Waals surface area (Å²) < 4.78 is 4.89. The van der Waals surface area contributed by atoms with Gasteiger partial charge in [-0.2, -0.15) is 0 Å². The molecule has 0 saturated heterocycles. The van der Waals surface area contributed by atoms with E-state index >= 15 is 0 Å². The van der Waals surface area contributed by atoms with Gasteiger partial charge in [0.15, 0.2) is 5.82 Å². The summed E-state index contributed by atoms with van der Waals surface area (Å²) in [5.74, 6) is 0.210. The summed E-state index contributed by atoms with van der Waals surface area (Å²) in [5, 5.41) is 10.1. The topological polar surface area (TPSA) is 80.8 Å². The van der Waals surface area contributed by atoms with Crippen LogP contribution in [0.2, 0.25) is 0 Å². The van der Waals surface area contributed by atoms with E-state index in [9.17, 15) is 4.79 Å². The molecule has 2 heterocycles. The van der Waals surface area contributed by atoms with Gasteiger partial charge in [-0.05, 0) is 23.8 Å². The van der Waals surface area contributed by atoms with Crippen LogP contribution < -0.4 is 0 Å². The summed E-state index contributed by atoms with van der Waals surface area (Å²) in [6, 6.07) is 25.2. The molecule has 3 aromatic carbocycles. The molecule has 0 aliphatic rings. The third-order valence-electron chi connectivity index (χ3n) is 5.36. The standard InChI is InChI=1S/C26H20N4O2/c1-32-26(31)19-11-7-10-18(14-19)24-25(17-8-3-2-4-9-17)30-29-23(28-24)15-20-16-27-22-13-6-5-12-21(20)22/h2-14,16,27H,15H2,1H3. The number of rotatable bonds is 5. The van der Waals surface area contributed by atoms with Crippen molar-refractivity contribution in [3.05, 3.63) is 102 Å². The number of aromatic nitrogens is 4. The average molecular weight is 420 g/mol. The number of hydrogen-bond donors (Lipinski definition) is 1. The number of carbonyl (C=O) groups is 1. The van der Waals surface area contributed by atoms with E-state index in [0.29, 0.717) is 29.2 Å². The maximum atomic E-state index is 12.1. The van der Waals surface area contributed by atoms with Crippen molar-refractivity contribution in [1.82, 2.24) is 20.2 Å². The second kappa shape index (κ2) is 8.43. The van der Waals surface area contributed by atoms with Crippen LogP contribution in [0.5, 0.6) is 0 Å². The van der Waals surface area contributed by atoms with Gasteiger partial charge in [-0.3, -0.25) is 0 Å². The Bertz CT molecular complexity index is 1410. The van der Waals surface area contributed by atoms with Crippen molar-refractivity contribution in [3.63, 3.8) is 0 Å². The second-order valence-corrected chi connectivity index (χ2v) is 7.40. The number of nitrogens with zero attached hydrogens (tertiary/aromatic N) is 3. The van der Waals surface area contributed by atoms with Gasteiger partial charge in [-0.15, -0.1) is 10.2 Å². The molecule has 5 rings (SSSR count). The van der Waals surface area contributed by atoms with Crippen LogP contribution >= 0.6 is 0 Å². The molecular formula is C26H20N4O2. The molecule has 2 aromatic heterocycles. The zero-order valence-electron chi connectivity index (χ0n) is 17.4. The molecule has 1 N–H and O–H groups in total. The van der Waals surface area contributed by atoms with Crippen LogP contribution in [-0.4, -0.2) is 33.2 Å². The van der Waals surface area contributed by atoms with Gasteiger partial charge in [0.2, 0.25) is 0 Å². The normalized spacial score (nSPS) is 10.9. The van der Waals surface area contributed by atoms with Crippen LogP contribution in [0.1, 0.15) is 21.7 Å². The maximum absolute atomic E-state index is 12.1. The number of esters is 1. The molecule has 32 heavy (non-hydrogen) atoms. The van der Waals surface area contributed by atoms with Gasteiger partial charge >= 0.3 is 5.97 Å². The molecular weight excluding hydrogens is 400 g/mol. The average Bonchev–Trinajstić information content (AvgIpc) is 3.27. The zero-order valence-corrected chi connectivity index (χ0v) is 17.4. The van der Waals surface area contributed by atoms with Crippen LogP contribution in [0, 0.1) is 0 Å². The van der Waals surface area contributed by atoms with Crippen LogP contribution in [-0.2, 0) is 11.2 Å². The largest absolute Gasteiger partial charge is 0.465 e. The third kappa shape index (κ3) is 3.74. The number of aromatic amines is 1. The van der Waals surface area contributed by atoms with Gasteiger partial charge in [-0.1, -0.05) is 60.7 Å². The maximum Gasteiger partial charge on any atom is 0.337 e. The van der Waals surface area contributed by atoms with Gasteiger partial charge in [0, 0.05) is 34.6 Å². The van der Waals surface area contributed by atoms with Crippen molar-refractivity contribution < 1.29 is 9.53 Å². The van der Waals surface area contributed by atoms with Crippen molar-refractivity contribution in [3.8, 4) is 22.5 Å². The lowest BCUT2D eigenvalue weighted by Crippen LogP contribution is -2.05. The highest BCUT2D eigenvalue weighted by atomic mass is 16.5. The summed E-state index contributed by atoms with van der Waals surface area (Å²) in [6.07, 6.45) is 2.52. The molecule has 0 fully saturated rings. The first kappa shape index (κ1) is 19.6. The minimum atomic E-state index is -0.394. The van der Waals surface area contributed by atoms with Crippen LogP contribution in [0.15, 0.2) is 85.1 Å². The molecule has 6 nitrogen and oxygen atoms in total. The number of hydrogen-bond acceptors (Lipinski definition) is 5. The molecule has 0 unspecified atom stereocenters. The zero-order chi connectivity index (χ0) is 21.9. The van der Waals surface area contributed by atoms with Gasteiger partial charge in [0.1, 0.15) is 11.4 Å². The van der Waals surface area contributed by atoms with Gasteiger partial charge in [0.05, 0.1) is 12.7 Å². The predicted molar refractivity (Wildman–Crippen MR) is 123 cm³/mol. The smallest absolute Gasteiger partial charge is 0.337 e. The number of H-pyrrole nitrogens is 1. The molecule has 0 saturated carbocycles. The van der Waals surface area contributed by atoms with Crippen molar-refractivity contribution in [2.45, 2.75) is 6.42 Å². The number of fused-ring (bicyclic) bond motifs is 1. The fourth-order valence-corrected chi connectivity index (χ4v) is 3.79. The first-order chi connectivity index (χ1) is 15.7. The first-order valence-electron chi connectivity index (χ1n) is 10.3. The monoisotopic (exact) mass is 420 g/mol. The fraction of sp³-hybridized carbons (Fsp3) is 0.0769. The number of nitrogens with one attached hydrogen (secondary N) is 1. The van der Waals surface area contributed by atoms with E-state index in [2.05, 4.69) is 21.2 Å². The molecule has 0 atom stereocenters. The Kier molecular flexibility index (Phi) is 5.17. The van der Waals surface area contributed by atoms with E-state index in [1.54, 1.807) is 12.1 Å². The SMILES string of the molecule is COC(=O)c1cccc(-c2nc(Cc3c[nH]c4ccccc34)nnc2-c2ccccc2)c1. The molecule has 0 bridgehead atoms. The molecule has 0 amide bonds. The lowest BCUT2D eigenvalue weighted by molar-refractivity contribution is 0.0601. The Labute approximate surface area is 184 Å². The van der Waals surface area contributed by atoms with Gasteiger partial charge in [-0.25, -0.2) is 9.78 Å². The Morgan fingerprint density at radius 3 is 2.50 bits per heavy atom. The number of ether oxygens (including phenoxy) is 1. The lowest BCUT2D eigenvalue weighted by Gasteiger charge is -2.10. The van der Waals surface area contributed by atoms with E-state index in [1.807, 2.05) is 66.9 Å². The highest BCUT2D eigenvalue weighted by Gasteiger charge is 2.16. The van der Waals surface area contributed by atoms with Crippen molar-refractivity contribution >= 4 is 16.9 Å². The Balaban J connectivity index is 1.62. The highest BCUT2D eigenvalue weighted by molar-refractivity contribution is 5.91. The number of carbonyl (C=O) groups excluding carboxylic acids is 1. The number of benzene rings is 3. The Morgan fingerprint density at radius 1 is 0.875 bits per heavy atom. The molecule has 0 aliphatic carbocycles.